The summed E-state index contributed by atoms with van der Waals surface area (Å²) in [7, 11) is 4.10. The van der Waals surface area contributed by atoms with Crippen LogP contribution in [0.3, 0.4) is 0 Å². The summed E-state index contributed by atoms with van der Waals surface area (Å²) in [5, 5.41) is 0.771. The lowest BCUT2D eigenvalue weighted by Gasteiger charge is -2.19. The molecule has 0 amide bonds. The molecule has 106 valence electrons. The van der Waals surface area contributed by atoms with Crippen LogP contribution in [0.2, 0.25) is 5.02 Å². The van der Waals surface area contributed by atoms with Crippen LogP contribution in [0.25, 0.3) is 0 Å². The predicted octanol–water partition coefficient (Wildman–Crippen LogP) is 3.69. The fraction of sp³-hybridized carbons (Fsp3) is 0.294. The normalized spacial score (nSPS) is 12.2. The first-order chi connectivity index (χ1) is 9.60. The molecule has 0 aliphatic heterocycles. The molecule has 0 heterocycles. The molecule has 2 aromatic rings. The maximum atomic E-state index is 5.97. The first kappa shape index (κ1) is 14.9. The SMILES string of the molecule is CN(C)c1cccc(C(CN)Cc2ccc(Cl)cc2)c1. The smallest absolute Gasteiger partial charge is 0.0406 e. The van der Waals surface area contributed by atoms with Crippen molar-refractivity contribution in [3.63, 3.8) is 0 Å². The van der Waals surface area contributed by atoms with Crippen molar-refractivity contribution < 1.29 is 0 Å². The van der Waals surface area contributed by atoms with E-state index in [1.165, 1.54) is 16.8 Å². The molecule has 2 nitrogen and oxygen atoms in total. The molecule has 20 heavy (non-hydrogen) atoms. The summed E-state index contributed by atoms with van der Waals surface area (Å²) in [4.78, 5) is 2.11. The van der Waals surface area contributed by atoms with Gasteiger partial charge in [0, 0.05) is 30.7 Å². The largest absolute Gasteiger partial charge is 0.378 e. The Kier molecular flexibility index (Phi) is 5.05. The Hall–Kier alpha value is -1.51. The Labute approximate surface area is 126 Å². The maximum absolute atomic E-state index is 5.97. The van der Waals surface area contributed by atoms with Crippen molar-refractivity contribution in [1.29, 1.82) is 0 Å². The van der Waals surface area contributed by atoms with E-state index in [-0.39, 0.29) is 0 Å². The van der Waals surface area contributed by atoms with Crippen LogP contribution in [0.1, 0.15) is 17.0 Å². The van der Waals surface area contributed by atoms with E-state index in [4.69, 9.17) is 17.3 Å². The summed E-state index contributed by atoms with van der Waals surface area (Å²) in [6.45, 7) is 0.638. The minimum Gasteiger partial charge on any atom is -0.378 e. The van der Waals surface area contributed by atoms with Gasteiger partial charge in [-0.3, -0.25) is 0 Å². The highest BCUT2D eigenvalue weighted by Gasteiger charge is 2.11. The Morgan fingerprint density at radius 3 is 2.40 bits per heavy atom. The van der Waals surface area contributed by atoms with Crippen molar-refractivity contribution >= 4 is 17.3 Å². The zero-order valence-corrected chi connectivity index (χ0v) is 12.8. The van der Waals surface area contributed by atoms with Crippen molar-refractivity contribution in [1.82, 2.24) is 0 Å². The summed E-state index contributed by atoms with van der Waals surface area (Å²) in [5.74, 6) is 0.330. The molecule has 0 saturated carbocycles. The van der Waals surface area contributed by atoms with E-state index >= 15 is 0 Å². The molecule has 0 fully saturated rings. The fourth-order valence-corrected chi connectivity index (χ4v) is 2.43. The average molecular weight is 289 g/mol. The van der Waals surface area contributed by atoms with Gasteiger partial charge < -0.3 is 10.6 Å². The minimum atomic E-state index is 0.330. The summed E-state index contributed by atoms with van der Waals surface area (Å²) in [6, 6.07) is 16.6. The van der Waals surface area contributed by atoms with Gasteiger partial charge in [-0.15, -0.1) is 0 Å². The van der Waals surface area contributed by atoms with Gasteiger partial charge in [0.15, 0.2) is 0 Å². The van der Waals surface area contributed by atoms with E-state index < -0.39 is 0 Å². The van der Waals surface area contributed by atoms with Crippen LogP contribution in [0.5, 0.6) is 0 Å². The Balaban J connectivity index is 2.19. The van der Waals surface area contributed by atoms with Crippen molar-refractivity contribution in [2.24, 2.45) is 5.73 Å². The number of benzene rings is 2. The van der Waals surface area contributed by atoms with E-state index in [9.17, 15) is 0 Å². The molecule has 0 aliphatic rings. The molecule has 0 bridgehead atoms. The van der Waals surface area contributed by atoms with Gasteiger partial charge in [-0.2, -0.15) is 0 Å². The molecule has 2 N–H and O–H groups in total. The zero-order chi connectivity index (χ0) is 14.5. The topological polar surface area (TPSA) is 29.3 Å². The van der Waals surface area contributed by atoms with Crippen LogP contribution >= 0.6 is 11.6 Å². The molecular formula is C17H21ClN2. The first-order valence-electron chi connectivity index (χ1n) is 6.82. The Morgan fingerprint density at radius 2 is 1.80 bits per heavy atom. The van der Waals surface area contributed by atoms with Crippen molar-refractivity contribution in [2.45, 2.75) is 12.3 Å². The lowest BCUT2D eigenvalue weighted by atomic mass is 9.92. The number of hydrogen-bond donors (Lipinski definition) is 1. The first-order valence-corrected chi connectivity index (χ1v) is 7.19. The van der Waals surface area contributed by atoms with Gasteiger partial charge in [0.05, 0.1) is 0 Å². The summed E-state index contributed by atoms with van der Waals surface area (Å²) >= 11 is 5.92. The van der Waals surface area contributed by atoms with Crippen molar-refractivity contribution in [3.05, 3.63) is 64.7 Å². The molecule has 0 spiro atoms. The van der Waals surface area contributed by atoms with Crippen molar-refractivity contribution in [3.8, 4) is 0 Å². The summed E-state index contributed by atoms with van der Waals surface area (Å²) in [6.07, 6.45) is 0.935. The lowest BCUT2D eigenvalue weighted by Crippen LogP contribution is -2.16. The van der Waals surface area contributed by atoms with Gasteiger partial charge in [-0.1, -0.05) is 35.9 Å². The highest BCUT2D eigenvalue weighted by Crippen LogP contribution is 2.24. The van der Waals surface area contributed by atoms with Gasteiger partial charge >= 0.3 is 0 Å². The number of hydrogen-bond acceptors (Lipinski definition) is 2. The molecule has 2 rings (SSSR count). The Bertz CT molecular complexity index is 549. The van der Waals surface area contributed by atoms with Gasteiger partial charge in [-0.25, -0.2) is 0 Å². The molecule has 0 aromatic heterocycles. The second-order valence-corrected chi connectivity index (χ2v) is 5.69. The third-order valence-electron chi connectivity index (χ3n) is 3.54. The monoisotopic (exact) mass is 288 g/mol. The number of halogens is 1. The quantitative estimate of drug-likeness (QED) is 0.909. The number of nitrogens with zero attached hydrogens (tertiary/aromatic N) is 1. The van der Waals surface area contributed by atoms with E-state index in [1.54, 1.807) is 0 Å². The van der Waals surface area contributed by atoms with Gasteiger partial charge in [-0.05, 0) is 48.4 Å². The van der Waals surface area contributed by atoms with Crippen LogP contribution in [0, 0.1) is 0 Å². The average Bonchev–Trinajstić information content (AvgIpc) is 2.46. The van der Waals surface area contributed by atoms with E-state index in [2.05, 4.69) is 55.4 Å². The summed E-state index contributed by atoms with van der Waals surface area (Å²) in [5.41, 5.74) is 9.72. The minimum absolute atomic E-state index is 0.330. The van der Waals surface area contributed by atoms with Crippen LogP contribution in [0.4, 0.5) is 5.69 Å². The molecular weight excluding hydrogens is 268 g/mol. The third-order valence-corrected chi connectivity index (χ3v) is 3.79. The van der Waals surface area contributed by atoms with Gasteiger partial charge in [0.2, 0.25) is 0 Å². The second kappa shape index (κ2) is 6.78. The van der Waals surface area contributed by atoms with Crippen LogP contribution in [-0.2, 0) is 6.42 Å². The standard InChI is InChI=1S/C17H21ClN2/c1-20(2)17-5-3-4-14(11-17)15(12-19)10-13-6-8-16(18)9-7-13/h3-9,11,15H,10,12,19H2,1-2H3. The molecule has 0 saturated heterocycles. The van der Waals surface area contributed by atoms with E-state index in [1.807, 2.05) is 12.1 Å². The highest BCUT2D eigenvalue weighted by molar-refractivity contribution is 6.30. The molecule has 2 aromatic carbocycles. The molecule has 1 unspecified atom stereocenters. The molecule has 0 radical (unpaired) electrons. The lowest BCUT2D eigenvalue weighted by molar-refractivity contribution is 0.694. The number of rotatable bonds is 5. The zero-order valence-electron chi connectivity index (χ0n) is 12.0. The predicted molar refractivity (Wildman–Crippen MR) is 87.7 cm³/mol. The van der Waals surface area contributed by atoms with E-state index in [0.717, 1.165) is 11.4 Å². The summed E-state index contributed by atoms with van der Waals surface area (Å²) < 4.78 is 0. The molecule has 3 heteroatoms. The molecule has 1 atom stereocenters. The number of nitrogens with two attached hydrogens (primary N) is 1. The van der Waals surface area contributed by atoms with Gasteiger partial charge in [0.25, 0.3) is 0 Å². The second-order valence-electron chi connectivity index (χ2n) is 5.25. The van der Waals surface area contributed by atoms with E-state index in [0.29, 0.717) is 12.5 Å². The highest BCUT2D eigenvalue weighted by atomic mass is 35.5. The maximum Gasteiger partial charge on any atom is 0.0406 e. The van der Waals surface area contributed by atoms with Gasteiger partial charge in [0.1, 0.15) is 0 Å². The fourth-order valence-electron chi connectivity index (χ4n) is 2.30. The Morgan fingerprint density at radius 1 is 1.10 bits per heavy atom. The van der Waals surface area contributed by atoms with Crippen LogP contribution in [0.15, 0.2) is 48.5 Å². The molecule has 0 aliphatic carbocycles. The van der Waals surface area contributed by atoms with Crippen molar-refractivity contribution in [2.75, 3.05) is 25.5 Å². The van der Waals surface area contributed by atoms with Crippen LogP contribution < -0.4 is 10.6 Å². The number of anilines is 1. The third kappa shape index (κ3) is 3.75. The van der Waals surface area contributed by atoms with Crippen LogP contribution in [-0.4, -0.2) is 20.6 Å².